The molecule has 6 atom stereocenters. The maximum atomic E-state index is 14.5. The molecule has 1 aromatic rings. The van der Waals surface area contributed by atoms with Crippen LogP contribution in [-0.2, 0) is 19.1 Å². The average molecular weight is 542 g/mol. The molecule has 0 bridgehead atoms. The van der Waals surface area contributed by atoms with Crippen LogP contribution >= 0.6 is 11.6 Å². The number of halogens is 1. The molecule has 5 rings (SSSR count). The summed E-state index contributed by atoms with van der Waals surface area (Å²) in [4.78, 5) is 47.6. The number of hydrogen-bond acceptors (Lipinski definition) is 5. The van der Waals surface area contributed by atoms with E-state index < -0.39 is 35.6 Å². The number of nitrogens with zero attached hydrogens (tertiary/aromatic N) is 3. The van der Waals surface area contributed by atoms with Gasteiger partial charge in [-0.3, -0.25) is 14.4 Å². The number of fused-ring (bicyclic) bond motifs is 2. The highest BCUT2D eigenvalue weighted by Gasteiger charge is 2.72. The lowest BCUT2D eigenvalue weighted by Crippen LogP contribution is -2.58. The summed E-state index contributed by atoms with van der Waals surface area (Å²) in [6, 6.07) is 5.47. The summed E-state index contributed by atoms with van der Waals surface area (Å²) < 4.78 is 6.68. The van der Waals surface area contributed by atoms with Crippen molar-refractivity contribution in [3.63, 3.8) is 0 Å². The maximum Gasteiger partial charge on any atom is 0.253 e. The van der Waals surface area contributed by atoms with E-state index in [4.69, 9.17) is 16.3 Å². The van der Waals surface area contributed by atoms with Crippen LogP contribution in [0.4, 0.5) is 5.69 Å². The molecule has 2 saturated heterocycles. The van der Waals surface area contributed by atoms with E-state index in [2.05, 4.69) is 0 Å². The Labute approximate surface area is 228 Å². The van der Waals surface area contributed by atoms with Crippen molar-refractivity contribution in [3.8, 4) is 0 Å². The van der Waals surface area contributed by atoms with Gasteiger partial charge in [-0.05, 0) is 30.9 Å². The summed E-state index contributed by atoms with van der Waals surface area (Å²) in [5.74, 6) is -2.23. The molecule has 0 aromatic heterocycles. The number of para-hydroxylation sites is 1. The normalized spacial score (nSPS) is 31.4. The molecular formula is C29H36ClN3O5. The van der Waals surface area contributed by atoms with E-state index in [1.165, 1.54) is 4.90 Å². The summed E-state index contributed by atoms with van der Waals surface area (Å²) in [5.41, 5.74) is -0.794. The number of carbonyl (C=O) groups is 3. The third-order valence-electron chi connectivity index (χ3n) is 8.16. The molecular weight excluding hydrogens is 506 g/mol. The number of aliphatic hydroxyl groups is 1. The highest BCUT2D eigenvalue weighted by molar-refractivity contribution is 6.34. The van der Waals surface area contributed by atoms with E-state index in [0.29, 0.717) is 30.2 Å². The van der Waals surface area contributed by atoms with Crippen molar-refractivity contribution in [3.05, 3.63) is 53.6 Å². The summed E-state index contributed by atoms with van der Waals surface area (Å²) in [5, 5.41) is 10.9. The van der Waals surface area contributed by atoms with Crippen LogP contribution in [0.2, 0.25) is 5.02 Å². The number of ether oxygens (including phenoxy) is 1. The van der Waals surface area contributed by atoms with E-state index in [1.54, 1.807) is 28.0 Å². The second kappa shape index (κ2) is 10.5. The molecule has 204 valence electrons. The first-order chi connectivity index (χ1) is 18.2. The Morgan fingerprint density at radius 1 is 1.11 bits per heavy atom. The highest BCUT2D eigenvalue weighted by atomic mass is 35.5. The SMILES string of the molecule is CCCN1CC=C[C@H]2O[C@]34C=CCN(c5ccccc5Cl)C(=O)C3N([C@@H](CO)CC(C)C)C(=O)[C@@H]4[C@H]2C1=O. The first-order valence-electron chi connectivity index (χ1n) is 13.5. The van der Waals surface area contributed by atoms with Crippen LogP contribution in [0.3, 0.4) is 0 Å². The number of anilines is 1. The fourth-order valence-corrected chi connectivity index (χ4v) is 6.94. The molecule has 8 nitrogen and oxygen atoms in total. The average Bonchev–Trinajstić information content (AvgIpc) is 3.21. The molecule has 4 heterocycles. The molecule has 1 unspecified atom stereocenters. The molecule has 38 heavy (non-hydrogen) atoms. The molecule has 2 fully saturated rings. The third kappa shape index (κ3) is 4.17. The molecule has 9 heteroatoms. The molecule has 0 saturated carbocycles. The monoisotopic (exact) mass is 541 g/mol. The van der Waals surface area contributed by atoms with Gasteiger partial charge >= 0.3 is 0 Å². The molecule has 4 aliphatic rings. The van der Waals surface area contributed by atoms with Crippen LogP contribution in [0.15, 0.2) is 48.6 Å². The lowest BCUT2D eigenvalue weighted by Gasteiger charge is -2.39. The van der Waals surface area contributed by atoms with Crippen molar-refractivity contribution < 1.29 is 24.2 Å². The van der Waals surface area contributed by atoms with Crippen LogP contribution in [0, 0.1) is 17.8 Å². The number of likely N-dealkylation sites (tertiary alicyclic amines) is 1. The van der Waals surface area contributed by atoms with Crippen molar-refractivity contribution >= 4 is 35.0 Å². The van der Waals surface area contributed by atoms with Gasteiger partial charge in [0, 0.05) is 19.6 Å². The number of carbonyl (C=O) groups excluding carboxylic acids is 3. The first-order valence-corrected chi connectivity index (χ1v) is 13.9. The Morgan fingerprint density at radius 3 is 2.55 bits per heavy atom. The zero-order valence-electron chi connectivity index (χ0n) is 22.1. The number of hydrogen-bond donors (Lipinski definition) is 1. The minimum absolute atomic E-state index is 0.130. The summed E-state index contributed by atoms with van der Waals surface area (Å²) in [6.45, 7) is 7.03. The van der Waals surface area contributed by atoms with Crippen LogP contribution in [0.1, 0.15) is 33.6 Å². The van der Waals surface area contributed by atoms with Gasteiger partial charge in [0.1, 0.15) is 11.6 Å². The predicted molar refractivity (Wildman–Crippen MR) is 145 cm³/mol. The van der Waals surface area contributed by atoms with Gasteiger partial charge in [-0.1, -0.05) is 68.8 Å². The van der Waals surface area contributed by atoms with Gasteiger partial charge < -0.3 is 24.5 Å². The summed E-state index contributed by atoms with van der Waals surface area (Å²) >= 11 is 6.51. The van der Waals surface area contributed by atoms with Crippen molar-refractivity contribution in [2.75, 3.05) is 31.1 Å². The molecule has 1 spiro atoms. The summed E-state index contributed by atoms with van der Waals surface area (Å²) in [6.07, 6.45) is 8.12. The van der Waals surface area contributed by atoms with E-state index in [9.17, 15) is 19.5 Å². The first kappa shape index (κ1) is 26.9. The van der Waals surface area contributed by atoms with Crippen LogP contribution in [0.25, 0.3) is 0 Å². The minimum Gasteiger partial charge on any atom is -0.394 e. The van der Waals surface area contributed by atoms with Crippen LogP contribution in [-0.4, -0.2) is 82.7 Å². The Kier molecular flexibility index (Phi) is 7.42. The number of rotatable bonds is 7. The van der Waals surface area contributed by atoms with Gasteiger partial charge in [0.2, 0.25) is 11.8 Å². The zero-order valence-corrected chi connectivity index (χ0v) is 22.9. The van der Waals surface area contributed by atoms with Gasteiger partial charge in [0.15, 0.2) is 0 Å². The van der Waals surface area contributed by atoms with Gasteiger partial charge in [-0.25, -0.2) is 0 Å². The molecule has 0 radical (unpaired) electrons. The van der Waals surface area contributed by atoms with Crippen molar-refractivity contribution in [2.45, 2.75) is 57.4 Å². The third-order valence-corrected chi connectivity index (χ3v) is 8.48. The number of benzene rings is 1. The van der Waals surface area contributed by atoms with E-state index in [1.807, 2.05) is 51.1 Å². The van der Waals surface area contributed by atoms with E-state index in [-0.39, 0.29) is 36.8 Å². The Bertz CT molecular complexity index is 1170. The number of amides is 3. The van der Waals surface area contributed by atoms with Crippen molar-refractivity contribution in [1.29, 1.82) is 0 Å². The molecule has 1 aromatic carbocycles. The summed E-state index contributed by atoms with van der Waals surface area (Å²) in [7, 11) is 0. The Balaban J connectivity index is 1.65. The lowest BCUT2D eigenvalue weighted by molar-refractivity contribution is -0.147. The Hall–Kier alpha value is -2.68. The van der Waals surface area contributed by atoms with Crippen molar-refractivity contribution in [1.82, 2.24) is 9.80 Å². The van der Waals surface area contributed by atoms with Gasteiger partial charge in [0.05, 0.1) is 41.3 Å². The Morgan fingerprint density at radius 2 is 1.87 bits per heavy atom. The quantitative estimate of drug-likeness (QED) is 0.536. The van der Waals surface area contributed by atoms with Crippen molar-refractivity contribution in [2.24, 2.45) is 17.8 Å². The maximum absolute atomic E-state index is 14.5. The number of aliphatic hydroxyl groups excluding tert-OH is 1. The smallest absolute Gasteiger partial charge is 0.253 e. The topological polar surface area (TPSA) is 90.4 Å². The zero-order chi connectivity index (χ0) is 27.2. The second-order valence-corrected chi connectivity index (χ2v) is 11.5. The van der Waals surface area contributed by atoms with E-state index >= 15 is 0 Å². The standard InChI is InChI=1S/C29H36ClN3O5/c1-4-13-31-14-7-11-22-23(26(31)35)24-27(36)33(19(17-34)16-18(2)3)25-28(37)32(15-8-12-29(24,25)38-22)21-10-6-5-9-20(21)30/h5-12,18-19,22-25,34H,4,13-17H2,1-3H3/t19-,22-,23+,24+,25?,29+/m1/s1. The van der Waals surface area contributed by atoms with Crippen LogP contribution < -0.4 is 4.90 Å². The van der Waals surface area contributed by atoms with Gasteiger partial charge in [0.25, 0.3) is 5.91 Å². The second-order valence-electron chi connectivity index (χ2n) is 11.1. The largest absolute Gasteiger partial charge is 0.394 e. The molecule has 3 amide bonds. The molecule has 1 N–H and O–H groups in total. The van der Waals surface area contributed by atoms with E-state index in [0.717, 1.165) is 6.42 Å². The minimum atomic E-state index is -1.33. The lowest BCUT2D eigenvalue weighted by atomic mass is 9.77. The van der Waals surface area contributed by atoms with Gasteiger partial charge in [-0.2, -0.15) is 0 Å². The van der Waals surface area contributed by atoms with Crippen LogP contribution in [0.5, 0.6) is 0 Å². The molecule has 0 aliphatic carbocycles. The predicted octanol–water partition coefficient (Wildman–Crippen LogP) is 3.04. The highest BCUT2D eigenvalue weighted by Crippen LogP contribution is 2.54. The van der Waals surface area contributed by atoms with Gasteiger partial charge in [-0.15, -0.1) is 0 Å². The molecule has 4 aliphatic heterocycles. The fraction of sp³-hybridized carbons (Fsp3) is 0.552. The fourth-order valence-electron chi connectivity index (χ4n) is 6.70.